The second kappa shape index (κ2) is 7.01. The summed E-state index contributed by atoms with van der Waals surface area (Å²) in [5, 5.41) is 17.4. The zero-order valence-corrected chi connectivity index (χ0v) is 9.30. The first-order chi connectivity index (χ1) is 7.72. The zero-order chi connectivity index (χ0) is 11.8. The molecule has 3 heteroatoms. The molecule has 0 radical (unpaired) electrons. The van der Waals surface area contributed by atoms with Crippen molar-refractivity contribution < 1.29 is 15.0 Å². The number of carboxylic acid groups (broad SMARTS) is 1. The van der Waals surface area contributed by atoms with E-state index in [9.17, 15) is 4.79 Å². The number of hydrogen-bond acceptors (Lipinski definition) is 2. The first-order valence-corrected chi connectivity index (χ1v) is 5.67. The molecule has 0 bridgehead atoms. The number of hydrogen-bond donors (Lipinski definition) is 2. The van der Waals surface area contributed by atoms with Crippen molar-refractivity contribution in [3.05, 3.63) is 35.9 Å². The molecule has 0 spiro atoms. The Hall–Kier alpha value is -1.35. The van der Waals surface area contributed by atoms with Crippen LogP contribution in [0.2, 0.25) is 0 Å². The van der Waals surface area contributed by atoms with E-state index in [4.69, 9.17) is 10.2 Å². The highest BCUT2D eigenvalue weighted by molar-refractivity contribution is 5.73. The Bertz CT molecular complexity index is 297. The van der Waals surface area contributed by atoms with E-state index in [0.717, 1.165) is 0 Å². The summed E-state index contributed by atoms with van der Waals surface area (Å²) in [5.74, 6) is -1.23. The van der Waals surface area contributed by atoms with Crippen LogP contribution in [-0.2, 0) is 4.79 Å². The van der Waals surface area contributed by atoms with Gasteiger partial charge in [-0.15, -0.1) is 0 Å². The summed E-state index contributed by atoms with van der Waals surface area (Å²) in [5.41, 5.74) is 0.403. The van der Waals surface area contributed by atoms with E-state index in [1.165, 1.54) is 32.1 Å². The summed E-state index contributed by atoms with van der Waals surface area (Å²) in [4.78, 5) is 10.2. The van der Waals surface area contributed by atoms with Gasteiger partial charge in [0.25, 0.3) is 0 Å². The molecular weight excluding hydrogens is 204 g/mol. The van der Waals surface area contributed by atoms with Gasteiger partial charge in [-0.3, -0.25) is 0 Å². The van der Waals surface area contributed by atoms with Crippen molar-refractivity contribution in [2.75, 3.05) is 0 Å². The van der Waals surface area contributed by atoms with Gasteiger partial charge in [0.15, 0.2) is 6.10 Å². The van der Waals surface area contributed by atoms with E-state index < -0.39 is 12.1 Å². The topological polar surface area (TPSA) is 57.5 Å². The lowest BCUT2D eigenvalue weighted by atomic mass is 10.1. The Balaban J connectivity index is 0.000000212. The highest BCUT2D eigenvalue weighted by atomic mass is 16.4. The van der Waals surface area contributed by atoms with E-state index in [1.807, 2.05) is 0 Å². The number of carboxylic acids is 1. The van der Waals surface area contributed by atoms with Gasteiger partial charge in [-0.2, -0.15) is 0 Å². The molecular formula is C13H18O3. The van der Waals surface area contributed by atoms with Gasteiger partial charge in [0.1, 0.15) is 0 Å². The SMILES string of the molecule is C1CCCC1.O=C(O)C(O)c1ccccc1. The molecule has 1 saturated carbocycles. The molecule has 0 saturated heterocycles. The predicted octanol–water partition coefficient (Wildman–Crippen LogP) is 2.76. The van der Waals surface area contributed by atoms with Crippen LogP contribution in [0.4, 0.5) is 0 Å². The predicted molar refractivity (Wildman–Crippen MR) is 62.1 cm³/mol. The summed E-state index contributed by atoms with van der Waals surface area (Å²) in [6.07, 6.45) is 6.09. The largest absolute Gasteiger partial charge is 0.479 e. The second-order valence-electron chi connectivity index (χ2n) is 3.92. The van der Waals surface area contributed by atoms with Crippen molar-refractivity contribution >= 4 is 5.97 Å². The highest BCUT2D eigenvalue weighted by Gasteiger charge is 2.14. The average molecular weight is 222 g/mol. The van der Waals surface area contributed by atoms with Gasteiger partial charge < -0.3 is 10.2 Å². The first-order valence-electron chi connectivity index (χ1n) is 5.67. The molecule has 3 nitrogen and oxygen atoms in total. The third kappa shape index (κ3) is 4.45. The highest BCUT2D eigenvalue weighted by Crippen LogP contribution is 2.15. The molecule has 1 unspecified atom stereocenters. The van der Waals surface area contributed by atoms with Crippen LogP contribution < -0.4 is 0 Å². The Labute approximate surface area is 95.7 Å². The summed E-state index contributed by atoms with van der Waals surface area (Å²) >= 11 is 0. The summed E-state index contributed by atoms with van der Waals surface area (Å²) in [6, 6.07) is 8.26. The molecule has 0 amide bonds. The Kier molecular flexibility index (Phi) is 5.57. The Morgan fingerprint density at radius 1 is 1.00 bits per heavy atom. The fraction of sp³-hybridized carbons (Fsp3) is 0.462. The van der Waals surface area contributed by atoms with Gasteiger partial charge in [-0.1, -0.05) is 62.4 Å². The molecule has 0 aliphatic heterocycles. The standard InChI is InChI=1S/C8H8O3.C5H10/c9-7(8(10)11)6-4-2-1-3-5-6;1-2-4-5-3-1/h1-5,7,9H,(H,10,11);1-5H2. The molecule has 0 aromatic heterocycles. The van der Waals surface area contributed by atoms with Crippen LogP contribution in [0.15, 0.2) is 30.3 Å². The molecule has 88 valence electrons. The number of aliphatic hydroxyl groups excluding tert-OH is 1. The summed E-state index contributed by atoms with van der Waals surface area (Å²) in [7, 11) is 0. The van der Waals surface area contributed by atoms with Crippen LogP contribution in [0.25, 0.3) is 0 Å². The first kappa shape index (κ1) is 12.7. The smallest absolute Gasteiger partial charge is 0.337 e. The Morgan fingerprint density at radius 3 is 1.81 bits per heavy atom. The summed E-state index contributed by atoms with van der Waals surface area (Å²) < 4.78 is 0. The van der Waals surface area contributed by atoms with Crippen LogP contribution in [0.5, 0.6) is 0 Å². The minimum Gasteiger partial charge on any atom is -0.479 e. The second-order valence-corrected chi connectivity index (χ2v) is 3.92. The van der Waals surface area contributed by atoms with Gasteiger partial charge in [0.05, 0.1) is 0 Å². The molecule has 1 aromatic rings. The summed E-state index contributed by atoms with van der Waals surface area (Å²) in [6.45, 7) is 0. The molecule has 1 fully saturated rings. The molecule has 1 aromatic carbocycles. The van der Waals surface area contributed by atoms with Crippen molar-refractivity contribution in [3.8, 4) is 0 Å². The monoisotopic (exact) mass is 222 g/mol. The van der Waals surface area contributed by atoms with Crippen LogP contribution in [0.3, 0.4) is 0 Å². The quantitative estimate of drug-likeness (QED) is 0.809. The van der Waals surface area contributed by atoms with Gasteiger partial charge >= 0.3 is 5.97 Å². The maximum atomic E-state index is 10.2. The average Bonchev–Trinajstić information content (AvgIpc) is 2.88. The van der Waals surface area contributed by atoms with E-state index in [-0.39, 0.29) is 0 Å². The van der Waals surface area contributed by atoms with Crippen LogP contribution in [0, 0.1) is 0 Å². The number of benzene rings is 1. The lowest BCUT2D eigenvalue weighted by Crippen LogP contribution is -2.09. The molecule has 2 rings (SSSR count). The van der Waals surface area contributed by atoms with Crippen molar-refractivity contribution in [2.24, 2.45) is 0 Å². The van der Waals surface area contributed by atoms with Crippen molar-refractivity contribution in [2.45, 2.75) is 38.2 Å². The third-order valence-corrected chi connectivity index (χ3v) is 2.60. The van der Waals surface area contributed by atoms with E-state index >= 15 is 0 Å². The van der Waals surface area contributed by atoms with Crippen molar-refractivity contribution in [1.29, 1.82) is 0 Å². The minimum absolute atomic E-state index is 0.403. The third-order valence-electron chi connectivity index (χ3n) is 2.60. The lowest BCUT2D eigenvalue weighted by molar-refractivity contribution is -0.146. The number of aliphatic carboxylic acids is 1. The minimum atomic E-state index is -1.41. The molecule has 1 aliphatic carbocycles. The lowest BCUT2D eigenvalue weighted by Gasteiger charge is -2.03. The Morgan fingerprint density at radius 2 is 1.44 bits per heavy atom. The molecule has 1 atom stereocenters. The van der Waals surface area contributed by atoms with Gasteiger partial charge in [0, 0.05) is 0 Å². The number of aliphatic hydroxyl groups is 1. The van der Waals surface area contributed by atoms with Crippen LogP contribution >= 0.6 is 0 Å². The molecule has 16 heavy (non-hydrogen) atoms. The fourth-order valence-electron chi connectivity index (χ4n) is 1.66. The van der Waals surface area contributed by atoms with Crippen LogP contribution in [0.1, 0.15) is 43.8 Å². The zero-order valence-electron chi connectivity index (χ0n) is 9.30. The molecule has 0 heterocycles. The number of rotatable bonds is 2. The fourth-order valence-corrected chi connectivity index (χ4v) is 1.66. The van der Waals surface area contributed by atoms with Gasteiger partial charge in [-0.25, -0.2) is 4.79 Å². The van der Waals surface area contributed by atoms with Crippen LogP contribution in [-0.4, -0.2) is 16.2 Å². The van der Waals surface area contributed by atoms with E-state index in [0.29, 0.717) is 5.56 Å². The molecule has 2 N–H and O–H groups in total. The van der Waals surface area contributed by atoms with Gasteiger partial charge in [0.2, 0.25) is 0 Å². The van der Waals surface area contributed by atoms with E-state index in [2.05, 4.69) is 0 Å². The van der Waals surface area contributed by atoms with E-state index in [1.54, 1.807) is 30.3 Å². The maximum absolute atomic E-state index is 10.2. The number of carbonyl (C=O) groups is 1. The van der Waals surface area contributed by atoms with Crippen molar-refractivity contribution in [1.82, 2.24) is 0 Å². The normalized spacial score (nSPS) is 16.1. The van der Waals surface area contributed by atoms with Crippen molar-refractivity contribution in [3.63, 3.8) is 0 Å². The maximum Gasteiger partial charge on any atom is 0.337 e. The molecule has 1 aliphatic rings. The van der Waals surface area contributed by atoms with Gasteiger partial charge in [-0.05, 0) is 5.56 Å².